The van der Waals surface area contributed by atoms with Crippen molar-refractivity contribution in [2.24, 2.45) is 4.99 Å². The van der Waals surface area contributed by atoms with E-state index >= 15 is 0 Å². The van der Waals surface area contributed by atoms with Crippen molar-refractivity contribution in [3.8, 4) is 5.75 Å². The van der Waals surface area contributed by atoms with Crippen molar-refractivity contribution in [1.82, 2.24) is 10.6 Å². The molecule has 1 aliphatic rings. The molecule has 2 aromatic rings. The minimum atomic E-state index is -0.296. The highest BCUT2D eigenvalue weighted by Crippen LogP contribution is 2.29. The van der Waals surface area contributed by atoms with Gasteiger partial charge in [-0.15, -0.1) is 24.0 Å². The molecule has 0 amide bonds. The number of hydrogen-bond donors (Lipinski definition) is 2. The molecule has 1 aliphatic heterocycles. The average molecular weight is 503 g/mol. The van der Waals surface area contributed by atoms with Crippen LogP contribution < -0.4 is 15.4 Å². The summed E-state index contributed by atoms with van der Waals surface area (Å²) >= 11 is 0. The van der Waals surface area contributed by atoms with E-state index in [1.165, 1.54) is 24.3 Å². The number of aliphatic imine (C=N–C) groups is 1. The van der Waals surface area contributed by atoms with Crippen LogP contribution >= 0.6 is 24.0 Å². The molecule has 0 spiro atoms. The number of hydrogen-bond acceptors (Lipinski definition) is 3. The van der Waals surface area contributed by atoms with Gasteiger partial charge in [0.05, 0.1) is 6.61 Å². The van der Waals surface area contributed by atoms with E-state index in [1.807, 2.05) is 6.07 Å². The van der Waals surface area contributed by atoms with Crippen LogP contribution in [0.25, 0.3) is 0 Å². The molecule has 0 atom stereocenters. The monoisotopic (exact) mass is 503 g/mol. The maximum absolute atomic E-state index is 13.8. The zero-order chi connectivity index (χ0) is 19.1. The fourth-order valence-corrected chi connectivity index (χ4v) is 3.00. The zero-order valence-corrected chi connectivity index (χ0v) is 18.0. The molecule has 0 unspecified atom stereocenters. The SMILES string of the molecule is CN=C(NCCc1cccc(F)c1)NCCc1cc(F)cc2c1OCOC2.I. The van der Waals surface area contributed by atoms with Crippen molar-refractivity contribution in [3.05, 3.63) is 64.7 Å². The Balaban J connectivity index is 0.00000280. The summed E-state index contributed by atoms with van der Waals surface area (Å²) in [5.41, 5.74) is 2.45. The van der Waals surface area contributed by atoms with E-state index in [0.717, 1.165) is 16.7 Å². The molecule has 8 heteroatoms. The zero-order valence-electron chi connectivity index (χ0n) is 15.6. The van der Waals surface area contributed by atoms with Crippen LogP contribution in [0.5, 0.6) is 5.75 Å². The number of halogens is 3. The fourth-order valence-electron chi connectivity index (χ4n) is 3.00. The van der Waals surface area contributed by atoms with Crippen LogP contribution in [-0.4, -0.2) is 32.9 Å². The summed E-state index contributed by atoms with van der Waals surface area (Å²) < 4.78 is 37.7. The largest absolute Gasteiger partial charge is 0.467 e. The molecule has 5 nitrogen and oxygen atoms in total. The molecule has 0 aliphatic carbocycles. The number of benzene rings is 2. The second kappa shape index (κ2) is 11.2. The molecule has 2 aromatic carbocycles. The highest BCUT2D eigenvalue weighted by molar-refractivity contribution is 14.0. The van der Waals surface area contributed by atoms with E-state index in [9.17, 15) is 8.78 Å². The Labute approximate surface area is 180 Å². The second-order valence-corrected chi connectivity index (χ2v) is 6.22. The number of ether oxygens (including phenoxy) is 2. The minimum absolute atomic E-state index is 0. The van der Waals surface area contributed by atoms with E-state index in [-0.39, 0.29) is 42.4 Å². The van der Waals surface area contributed by atoms with Crippen LogP contribution in [0.2, 0.25) is 0 Å². The average Bonchev–Trinajstić information content (AvgIpc) is 2.66. The summed E-state index contributed by atoms with van der Waals surface area (Å²) in [6.07, 6.45) is 1.27. The summed E-state index contributed by atoms with van der Waals surface area (Å²) in [5.74, 6) is 0.816. The van der Waals surface area contributed by atoms with Gasteiger partial charge >= 0.3 is 0 Å². The Morgan fingerprint density at radius 3 is 2.61 bits per heavy atom. The predicted octanol–water partition coefficient (Wildman–Crippen LogP) is 3.40. The standard InChI is InChI=1S/C20H23F2N3O2.HI/c1-23-20(24-7-5-14-3-2-4-17(21)9-14)25-8-6-15-10-18(22)11-16-12-26-13-27-19(15)16;/h2-4,9-11H,5-8,12-13H2,1H3,(H2,23,24,25);1H. The van der Waals surface area contributed by atoms with Crippen LogP contribution in [0.15, 0.2) is 41.4 Å². The van der Waals surface area contributed by atoms with Gasteiger partial charge in [0.1, 0.15) is 17.4 Å². The van der Waals surface area contributed by atoms with Crippen molar-refractivity contribution in [1.29, 1.82) is 0 Å². The first-order valence-electron chi connectivity index (χ1n) is 8.86. The molecule has 0 fully saturated rings. The molecule has 3 rings (SSSR count). The van der Waals surface area contributed by atoms with Crippen LogP contribution in [0, 0.1) is 11.6 Å². The number of nitrogens with one attached hydrogen (secondary N) is 2. The topological polar surface area (TPSA) is 54.9 Å². The molecule has 0 saturated carbocycles. The third-order valence-corrected chi connectivity index (χ3v) is 4.26. The second-order valence-electron chi connectivity index (χ2n) is 6.22. The summed E-state index contributed by atoms with van der Waals surface area (Å²) in [6, 6.07) is 9.47. The first-order valence-corrected chi connectivity index (χ1v) is 8.86. The predicted molar refractivity (Wildman–Crippen MR) is 115 cm³/mol. The minimum Gasteiger partial charge on any atom is -0.467 e. The Bertz CT molecular complexity index is 818. The Hall–Kier alpha value is -1.94. The number of guanidine groups is 1. The maximum atomic E-state index is 13.8. The molecule has 1 heterocycles. The lowest BCUT2D eigenvalue weighted by molar-refractivity contribution is -0.0172. The molecule has 152 valence electrons. The first-order chi connectivity index (χ1) is 13.2. The Kier molecular flexibility index (Phi) is 8.91. The lowest BCUT2D eigenvalue weighted by Gasteiger charge is -2.21. The summed E-state index contributed by atoms with van der Waals surface area (Å²) in [4.78, 5) is 4.17. The Morgan fingerprint density at radius 1 is 1.07 bits per heavy atom. The molecular weight excluding hydrogens is 479 g/mol. The molecule has 0 bridgehead atoms. The van der Waals surface area contributed by atoms with E-state index < -0.39 is 0 Å². The van der Waals surface area contributed by atoms with Crippen LogP contribution in [-0.2, 0) is 24.2 Å². The maximum Gasteiger partial charge on any atom is 0.190 e. The highest BCUT2D eigenvalue weighted by Gasteiger charge is 2.16. The molecular formula is C20H24F2IN3O2. The fraction of sp³-hybridized carbons (Fsp3) is 0.350. The normalized spacial score (nSPS) is 13.2. The van der Waals surface area contributed by atoms with Crippen molar-refractivity contribution < 1.29 is 18.3 Å². The van der Waals surface area contributed by atoms with E-state index in [4.69, 9.17) is 9.47 Å². The smallest absolute Gasteiger partial charge is 0.190 e. The van der Waals surface area contributed by atoms with Gasteiger partial charge in [-0.25, -0.2) is 8.78 Å². The summed E-state index contributed by atoms with van der Waals surface area (Å²) in [5, 5.41) is 6.39. The highest BCUT2D eigenvalue weighted by atomic mass is 127. The third kappa shape index (κ3) is 6.30. The van der Waals surface area contributed by atoms with Gasteiger partial charge in [-0.2, -0.15) is 0 Å². The summed E-state index contributed by atoms with van der Waals surface area (Å²) in [6.45, 7) is 1.73. The van der Waals surface area contributed by atoms with Crippen LogP contribution in [0.3, 0.4) is 0 Å². The lowest BCUT2D eigenvalue weighted by atomic mass is 10.1. The third-order valence-electron chi connectivity index (χ3n) is 4.26. The van der Waals surface area contributed by atoms with Gasteiger partial charge in [-0.3, -0.25) is 4.99 Å². The lowest BCUT2D eigenvalue weighted by Crippen LogP contribution is -2.39. The van der Waals surface area contributed by atoms with Crippen molar-refractivity contribution >= 4 is 29.9 Å². The summed E-state index contributed by atoms with van der Waals surface area (Å²) in [7, 11) is 1.68. The van der Waals surface area contributed by atoms with E-state index in [0.29, 0.717) is 44.2 Å². The van der Waals surface area contributed by atoms with Crippen molar-refractivity contribution in [2.45, 2.75) is 19.4 Å². The van der Waals surface area contributed by atoms with E-state index in [2.05, 4.69) is 15.6 Å². The molecule has 2 N–H and O–H groups in total. The van der Waals surface area contributed by atoms with Gasteiger partial charge in [0, 0.05) is 25.7 Å². The molecule has 0 radical (unpaired) electrons. The molecule has 28 heavy (non-hydrogen) atoms. The van der Waals surface area contributed by atoms with Gasteiger partial charge in [0.15, 0.2) is 12.8 Å². The number of fused-ring (bicyclic) bond motifs is 1. The van der Waals surface area contributed by atoms with Crippen molar-refractivity contribution in [3.63, 3.8) is 0 Å². The number of nitrogens with zero attached hydrogens (tertiary/aromatic N) is 1. The van der Waals surface area contributed by atoms with Crippen LogP contribution in [0.4, 0.5) is 8.78 Å². The van der Waals surface area contributed by atoms with Gasteiger partial charge < -0.3 is 20.1 Å². The van der Waals surface area contributed by atoms with Gasteiger partial charge in [0.2, 0.25) is 0 Å². The van der Waals surface area contributed by atoms with Gasteiger partial charge in [-0.05, 0) is 48.2 Å². The quantitative estimate of drug-likeness (QED) is 0.361. The van der Waals surface area contributed by atoms with Gasteiger partial charge in [-0.1, -0.05) is 12.1 Å². The van der Waals surface area contributed by atoms with Gasteiger partial charge in [0.25, 0.3) is 0 Å². The Morgan fingerprint density at radius 2 is 1.86 bits per heavy atom. The van der Waals surface area contributed by atoms with E-state index in [1.54, 1.807) is 13.1 Å². The van der Waals surface area contributed by atoms with Crippen molar-refractivity contribution in [2.75, 3.05) is 26.9 Å². The molecule has 0 saturated heterocycles. The number of rotatable bonds is 6. The van der Waals surface area contributed by atoms with Crippen LogP contribution in [0.1, 0.15) is 16.7 Å². The first kappa shape index (κ1) is 22.4. The molecule has 0 aromatic heterocycles.